The van der Waals surface area contributed by atoms with Gasteiger partial charge in [0.1, 0.15) is 5.54 Å². The summed E-state index contributed by atoms with van der Waals surface area (Å²) in [5, 5.41) is 13.0. The van der Waals surface area contributed by atoms with E-state index in [1.54, 1.807) is 25.7 Å². The molecule has 3 nitrogen and oxygen atoms in total. The van der Waals surface area contributed by atoms with E-state index in [1.807, 2.05) is 31.2 Å². The largest absolute Gasteiger partial charge is 0.480 e. The van der Waals surface area contributed by atoms with E-state index in [0.717, 1.165) is 4.90 Å². The van der Waals surface area contributed by atoms with Gasteiger partial charge in [0.25, 0.3) is 0 Å². The second kappa shape index (κ2) is 6.45. The van der Waals surface area contributed by atoms with Crippen molar-refractivity contribution in [2.24, 2.45) is 0 Å². The molecule has 0 radical (unpaired) electrons. The number of hydrogen-bond acceptors (Lipinski definition) is 3. The first-order valence-corrected chi connectivity index (χ1v) is 6.97. The molecule has 0 aliphatic heterocycles. The molecule has 0 heterocycles. The molecule has 2 N–H and O–H groups in total. The minimum atomic E-state index is -0.890. The van der Waals surface area contributed by atoms with Crippen molar-refractivity contribution in [2.75, 3.05) is 7.05 Å². The van der Waals surface area contributed by atoms with E-state index in [2.05, 4.69) is 5.32 Å². The van der Waals surface area contributed by atoms with Crippen LogP contribution in [0.1, 0.15) is 20.3 Å². The molecule has 0 saturated carbocycles. The molecular weight excluding hydrogens is 270 g/mol. The summed E-state index contributed by atoms with van der Waals surface area (Å²) in [5.41, 5.74) is -0.890. The number of carbonyl (C=O) groups is 1. The first kappa shape index (κ1) is 15.3. The number of likely N-dealkylation sites (N-methyl/N-ethyl adjacent to an activating group) is 1. The van der Waals surface area contributed by atoms with Gasteiger partial charge in [0.15, 0.2) is 0 Å². The second-order valence-corrected chi connectivity index (χ2v) is 6.42. The molecule has 0 amide bonds. The maximum absolute atomic E-state index is 11.2. The molecule has 5 heteroatoms. The van der Waals surface area contributed by atoms with Gasteiger partial charge in [-0.3, -0.25) is 4.79 Å². The number of rotatable bonds is 6. The van der Waals surface area contributed by atoms with Crippen molar-refractivity contribution in [3.63, 3.8) is 0 Å². The van der Waals surface area contributed by atoms with Gasteiger partial charge in [0.2, 0.25) is 0 Å². The smallest absolute Gasteiger partial charge is 0.323 e. The van der Waals surface area contributed by atoms with Crippen molar-refractivity contribution >= 4 is 29.3 Å². The molecule has 2 atom stereocenters. The van der Waals surface area contributed by atoms with Crippen molar-refractivity contribution in [3.8, 4) is 0 Å². The molecule has 0 aliphatic rings. The second-order valence-electron chi connectivity index (χ2n) is 4.47. The summed E-state index contributed by atoms with van der Waals surface area (Å²) < 4.78 is 0. The van der Waals surface area contributed by atoms with E-state index < -0.39 is 11.5 Å². The Balaban J connectivity index is 2.63. The standard InChI is InChI=1S/C13H18ClNO2S/c1-9(8-13(2,15-3)12(16)17)18-11-6-4-10(14)5-7-11/h4-7,9,15H,8H2,1-3H3,(H,16,17). The Hall–Kier alpha value is -0.710. The molecule has 0 fully saturated rings. The van der Waals surface area contributed by atoms with Crippen LogP contribution in [-0.2, 0) is 4.79 Å². The third-order valence-electron chi connectivity index (χ3n) is 2.87. The van der Waals surface area contributed by atoms with Gasteiger partial charge >= 0.3 is 5.97 Å². The van der Waals surface area contributed by atoms with Crippen LogP contribution in [0.4, 0.5) is 0 Å². The quantitative estimate of drug-likeness (QED) is 0.789. The van der Waals surface area contributed by atoms with E-state index in [9.17, 15) is 9.90 Å². The van der Waals surface area contributed by atoms with E-state index >= 15 is 0 Å². The molecule has 1 aromatic carbocycles. The summed E-state index contributed by atoms with van der Waals surface area (Å²) in [6, 6.07) is 7.57. The lowest BCUT2D eigenvalue weighted by Gasteiger charge is -2.27. The summed E-state index contributed by atoms with van der Waals surface area (Å²) in [7, 11) is 1.67. The first-order valence-electron chi connectivity index (χ1n) is 5.72. The van der Waals surface area contributed by atoms with Gasteiger partial charge in [0, 0.05) is 15.2 Å². The van der Waals surface area contributed by atoms with Gasteiger partial charge in [-0.15, -0.1) is 11.8 Å². The minimum absolute atomic E-state index is 0.194. The van der Waals surface area contributed by atoms with Crippen LogP contribution in [0.25, 0.3) is 0 Å². The predicted octanol–water partition coefficient (Wildman–Crippen LogP) is 3.27. The van der Waals surface area contributed by atoms with Gasteiger partial charge < -0.3 is 10.4 Å². The lowest BCUT2D eigenvalue weighted by atomic mass is 9.96. The van der Waals surface area contributed by atoms with Gasteiger partial charge in [0.05, 0.1) is 0 Å². The lowest BCUT2D eigenvalue weighted by molar-refractivity contribution is -0.144. The van der Waals surface area contributed by atoms with Gasteiger partial charge in [-0.2, -0.15) is 0 Å². The Kier molecular flexibility index (Phi) is 5.50. The molecule has 2 unspecified atom stereocenters. The molecule has 18 heavy (non-hydrogen) atoms. The van der Waals surface area contributed by atoms with Gasteiger partial charge in [-0.1, -0.05) is 18.5 Å². The van der Waals surface area contributed by atoms with Crippen molar-refractivity contribution < 1.29 is 9.90 Å². The van der Waals surface area contributed by atoms with Crippen LogP contribution in [0.2, 0.25) is 5.02 Å². The first-order chi connectivity index (χ1) is 8.37. The van der Waals surface area contributed by atoms with Crippen LogP contribution in [-0.4, -0.2) is 28.9 Å². The highest BCUT2D eigenvalue weighted by molar-refractivity contribution is 7.99. The molecule has 1 aromatic rings. The summed E-state index contributed by atoms with van der Waals surface area (Å²) in [4.78, 5) is 12.3. The van der Waals surface area contributed by atoms with Crippen molar-refractivity contribution in [2.45, 2.75) is 36.0 Å². The van der Waals surface area contributed by atoms with Gasteiger partial charge in [-0.05, 0) is 44.7 Å². The number of carboxylic acid groups (broad SMARTS) is 1. The maximum atomic E-state index is 11.2. The van der Waals surface area contributed by atoms with Crippen LogP contribution in [0.5, 0.6) is 0 Å². The Bertz CT molecular complexity index is 410. The Morgan fingerprint density at radius 1 is 1.50 bits per heavy atom. The van der Waals surface area contributed by atoms with Crippen molar-refractivity contribution in [1.29, 1.82) is 0 Å². The highest BCUT2D eigenvalue weighted by Crippen LogP contribution is 2.29. The molecule has 0 saturated heterocycles. The SMILES string of the molecule is CNC(C)(CC(C)Sc1ccc(Cl)cc1)C(=O)O. The van der Waals surface area contributed by atoms with Crippen LogP contribution >= 0.6 is 23.4 Å². The molecule has 0 spiro atoms. The highest BCUT2D eigenvalue weighted by atomic mass is 35.5. The monoisotopic (exact) mass is 287 g/mol. The number of halogens is 1. The number of aliphatic carboxylic acids is 1. The summed E-state index contributed by atoms with van der Waals surface area (Å²) in [5.74, 6) is -0.825. The van der Waals surface area contributed by atoms with Crippen LogP contribution in [0.3, 0.4) is 0 Å². The number of hydrogen-bond donors (Lipinski definition) is 2. The average molecular weight is 288 g/mol. The normalized spacial score (nSPS) is 16.0. The predicted molar refractivity (Wildman–Crippen MR) is 76.5 cm³/mol. The fourth-order valence-corrected chi connectivity index (χ4v) is 2.96. The Morgan fingerprint density at radius 2 is 2.06 bits per heavy atom. The molecule has 100 valence electrons. The van der Waals surface area contributed by atoms with Crippen LogP contribution < -0.4 is 5.32 Å². The summed E-state index contributed by atoms with van der Waals surface area (Å²) in [6.45, 7) is 3.73. The fourth-order valence-electron chi connectivity index (χ4n) is 1.66. The van der Waals surface area contributed by atoms with Crippen LogP contribution in [0, 0.1) is 0 Å². The summed E-state index contributed by atoms with van der Waals surface area (Å²) >= 11 is 7.47. The average Bonchev–Trinajstić information content (AvgIpc) is 2.31. The van der Waals surface area contributed by atoms with E-state index in [-0.39, 0.29) is 5.25 Å². The molecule has 1 rings (SSSR count). The lowest BCUT2D eigenvalue weighted by Crippen LogP contribution is -2.49. The van der Waals surface area contributed by atoms with Crippen molar-refractivity contribution in [1.82, 2.24) is 5.32 Å². The van der Waals surface area contributed by atoms with E-state index in [0.29, 0.717) is 11.4 Å². The fraction of sp³-hybridized carbons (Fsp3) is 0.462. The number of benzene rings is 1. The highest BCUT2D eigenvalue weighted by Gasteiger charge is 2.33. The number of carboxylic acids is 1. The molecule has 0 aliphatic carbocycles. The minimum Gasteiger partial charge on any atom is -0.480 e. The zero-order valence-electron chi connectivity index (χ0n) is 10.7. The van der Waals surface area contributed by atoms with Crippen molar-refractivity contribution in [3.05, 3.63) is 29.3 Å². The third kappa shape index (κ3) is 4.19. The zero-order chi connectivity index (χ0) is 13.8. The number of thioether (sulfide) groups is 1. The Labute approximate surface area is 117 Å². The number of nitrogens with one attached hydrogen (secondary N) is 1. The van der Waals surface area contributed by atoms with E-state index in [1.165, 1.54) is 0 Å². The maximum Gasteiger partial charge on any atom is 0.323 e. The topological polar surface area (TPSA) is 49.3 Å². The van der Waals surface area contributed by atoms with E-state index in [4.69, 9.17) is 11.6 Å². The summed E-state index contributed by atoms with van der Waals surface area (Å²) in [6.07, 6.45) is 0.548. The van der Waals surface area contributed by atoms with Crippen LogP contribution in [0.15, 0.2) is 29.2 Å². The molecule has 0 aromatic heterocycles. The third-order valence-corrected chi connectivity index (χ3v) is 4.24. The van der Waals surface area contributed by atoms with Gasteiger partial charge in [-0.25, -0.2) is 0 Å². The Morgan fingerprint density at radius 3 is 2.50 bits per heavy atom. The molecular formula is C13H18ClNO2S. The zero-order valence-corrected chi connectivity index (χ0v) is 12.3. The molecule has 0 bridgehead atoms.